The predicted molar refractivity (Wildman–Crippen MR) is 70.2 cm³/mol. The minimum Gasteiger partial charge on any atom is -0.352 e. The fourth-order valence-electron chi connectivity index (χ4n) is 1.92. The van der Waals surface area contributed by atoms with Gasteiger partial charge in [0.25, 0.3) is 0 Å². The van der Waals surface area contributed by atoms with E-state index in [0.717, 1.165) is 37.2 Å². The van der Waals surface area contributed by atoms with Gasteiger partial charge in [0.2, 0.25) is 5.91 Å². The molecule has 2 rings (SSSR count). The topological polar surface area (TPSA) is 69.8 Å². The van der Waals surface area contributed by atoms with E-state index in [9.17, 15) is 4.79 Å². The smallest absolute Gasteiger partial charge is 0.246 e. The Bertz CT molecular complexity index is 455. The summed E-state index contributed by atoms with van der Waals surface area (Å²) >= 11 is 0. The van der Waals surface area contributed by atoms with E-state index in [4.69, 9.17) is 0 Å². The van der Waals surface area contributed by atoms with Gasteiger partial charge in [-0.3, -0.25) is 9.89 Å². The lowest BCUT2D eigenvalue weighted by molar-refractivity contribution is -0.117. The van der Waals surface area contributed by atoms with E-state index in [0.29, 0.717) is 6.54 Å². The number of aromatic amines is 1. The second-order valence-electron chi connectivity index (χ2n) is 4.71. The Morgan fingerprint density at radius 3 is 2.83 bits per heavy atom. The summed E-state index contributed by atoms with van der Waals surface area (Å²) in [6.07, 6.45) is 3.73. The van der Waals surface area contributed by atoms with E-state index in [1.165, 1.54) is 11.1 Å². The third-order valence-electron chi connectivity index (χ3n) is 3.39. The van der Waals surface area contributed by atoms with E-state index in [1.54, 1.807) is 0 Å². The summed E-state index contributed by atoms with van der Waals surface area (Å²) in [5.41, 5.74) is 4.43. The predicted octanol–water partition coefficient (Wildman–Crippen LogP) is 0.687. The normalized spacial score (nSPS) is 14.2. The summed E-state index contributed by atoms with van der Waals surface area (Å²) in [6.45, 7) is 6.33. The first-order valence-corrected chi connectivity index (χ1v) is 6.35. The first kappa shape index (κ1) is 12.8. The second kappa shape index (κ2) is 5.82. The lowest BCUT2D eigenvalue weighted by Crippen LogP contribution is -2.37. The molecule has 18 heavy (non-hydrogen) atoms. The van der Waals surface area contributed by atoms with Gasteiger partial charge < -0.3 is 10.6 Å². The van der Waals surface area contributed by atoms with Crippen molar-refractivity contribution in [2.45, 2.75) is 26.7 Å². The number of nitrogens with one attached hydrogen (secondary N) is 3. The molecule has 1 aromatic heterocycles. The molecule has 1 aliphatic heterocycles. The minimum absolute atomic E-state index is 0.0652. The van der Waals surface area contributed by atoms with Crippen LogP contribution in [0, 0.1) is 6.92 Å². The van der Waals surface area contributed by atoms with Gasteiger partial charge in [-0.1, -0.05) is 0 Å². The number of carbonyl (C=O) groups is 1. The Morgan fingerprint density at radius 1 is 1.50 bits per heavy atom. The van der Waals surface area contributed by atoms with Crippen molar-refractivity contribution in [3.63, 3.8) is 0 Å². The summed E-state index contributed by atoms with van der Waals surface area (Å²) in [5.74, 6) is 0.0652. The zero-order chi connectivity index (χ0) is 13.0. The van der Waals surface area contributed by atoms with E-state index >= 15 is 0 Å². The zero-order valence-electron chi connectivity index (χ0n) is 11.0. The summed E-state index contributed by atoms with van der Waals surface area (Å²) < 4.78 is 0. The van der Waals surface area contributed by atoms with Crippen LogP contribution in [0.4, 0.5) is 0 Å². The summed E-state index contributed by atoms with van der Waals surface area (Å²) in [6, 6.07) is 0. The highest BCUT2D eigenvalue weighted by Gasteiger charge is 2.15. The van der Waals surface area contributed by atoms with Gasteiger partial charge in [-0.05, 0) is 37.8 Å². The van der Waals surface area contributed by atoms with Crippen molar-refractivity contribution in [3.05, 3.63) is 28.6 Å². The number of hydrogen-bond acceptors (Lipinski definition) is 3. The average Bonchev–Trinajstić information content (AvgIpc) is 2.67. The van der Waals surface area contributed by atoms with Crippen molar-refractivity contribution in [3.8, 4) is 0 Å². The molecule has 98 valence electrons. The van der Waals surface area contributed by atoms with Crippen LogP contribution in [0.25, 0.3) is 0 Å². The molecule has 1 fully saturated rings. The third kappa shape index (κ3) is 2.98. The van der Waals surface area contributed by atoms with Crippen LogP contribution in [0.5, 0.6) is 0 Å². The standard InChI is InChI=1S/C13H20N4O/c1-9(12-6-14-7-12)13(18)15-5-3-4-11-8-16-17-10(11)2/h8,14H,3-7H2,1-2H3,(H,15,18)(H,16,17). The third-order valence-corrected chi connectivity index (χ3v) is 3.39. The lowest BCUT2D eigenvalue weighted by Gasteiger charge is -2.21. The highest BCUT2D eigenvalue weighted by atomic mass is 16.1. The molecule has 0 saturated carbocycles. The molecule has 0 unspecified atom stereocenters. The van der Waals surface area contributed by atoms with Gasteiger partial charge in [0, 0.05) is 30.9 Å². The molecular weight excluding hydrogens is 228 g/mol. The molecule has 1 saturated heterocycles. The second-order valence-corrected chi connectivity index (χ2v) is 4.71. The number of aryl methyl sites for hydroxylation is 2. The van der Waals surface area contributed by atoms with Gasteiger partial charge in [0.1, 0.15) is 0 Å². The maximum atomic E-state index is 11.8. The summed E-state index contributed by atoms with van der Waals surface area (Å²) in [5, 5.41) is 13.0. The van der Waals surface area contributed by atoms with Crippen molar-refractivity contribution in [2.24, 2.45) is 0 Å². The molecule has 1 aromatic rings. The first-order chi connectivity index (χ1) is 8.68. The quantitative estimate of drug-likeness (QED) is 0.530. The molecule has 3 N–H and O–H groups in total. The number of rotatable bonds is 5. The molecule has 0 spiro atoms. The Hall–Kier alpha value is -1.62. The van der Waals surface area contributed by atoms with Crippen molar-refractivity contribution in [1.82, 2.24) is 20.8 Å². The monoisotopic (exact) mass is 248 g/mol. The molecule has 0 aliphatic carbocycles. The van der Waals surface area contributed by atoms with Crippen LogP contribution in [0.2, 0.25) is 0 Å². The van der Waals surface area contributed by atoms with Gasteiger partial charge in [0.15, 0.2) is 0 Å². The highest BCUT2D eigenvalue weighted by Crippen LogP contribution is 2.09. The molecular formula is C13H20N4O. The average molecular weight is 248 g/mol. The lowest BCUT2D eigenvalue weighted by atomic mass is 10.0. The number of amides is 1. The van der Waals surface area contributed by atoms with Crippen LogP contribution in [-0.2, 0) is 11.2 Å². The fourth-order valence-corrected chi connectivity index (χ4v) is 1.92. The van der Waals surface area contributed by atoms with Gasteiger partial charge in [-0.15, -0.1) is 0 Å². The molecule has 5 heteroatoms. The van der Waals surface area contributed by atoms with E-state index in [1.807, 2.05) is 20.0 Å². The van der Waals surface area contributed by atoms with Crippen LogP contribution in [0.15, 0.2) is 17.3 Å². The molecule has 0 radical (unpaired) electrons. The van der Waals surface area contributed by atoms with Crippen LogP contribution in [-0.4, -0.2) is 35.7 Å². The maximum absolute atomic E-state index is 11.8. The van der Waals surface area contributed by atoms with Crippen molar-refractivity contribution >= 4 is 5.91 Å². The molecule has 0 bridgehead atoms. The molecule has 0 aromatic carbocycles. The van der Waals surface area contributed by atoms with Crippen molar-refractivity contribution in [1.29, 1.82) is 0 Å². The minimum atomic E-state index is 0.0652. The van der Waals surface area contributed by atoms with Gasteiger partial charge in [-0.2, -0.15) is 5.10 Å². The van der Waals surface area contributed by atoms with Crippen molar-refractivity contribution < 1.29 is 4.79 Å². The largest absolute Gasteiger partial charge is 0.352 e. The number of nitrogens with zero attached hydrogens (tertiary/aromatic N) is 1. The number of hydrogen-bond donors (Lipinski definition) is 3. The fraction of sp³-hybridized carbons (Fsp3) is 0.538. The van der Waals surface area contributed by atoms with E-state index < -0.39 is 0 Å². The van der Waals surface area contributed by atoms with Crippen LogP contribution < -0.4 is 10.6 Å². The Balaban J connectivity index is 1.69. The number of H-pyrrole nitrogens is 1. The molecule has 2 heterocycles. The zero-order valence-corrected chi connectivity index (χ0v) is 11.0. The van der Waals surface area contributed by atoms with Gasteiger partial charge in [0.05, 0.1) is 6.20 Å². The molecule has 1 aliphatic rings. The summed E-state index contributed by atoms with van der Waals surface area (Å²) in [7, 11) is 0. The Labute approximate surface area is 107 Å². The summed E-state index contributed by atoms with van der Waals surface area (Å²) in [4.78, 5) is 11.8. The number of aromatic nitrogens is 2. The SMILES string of the molecule is CC(C(=O)NCCCc1cn[nH]c1C)=C1CNC1. The van der Waals surface area contributed by atoms with Gasteiger partial charge in [-0.25, -0.2) is 0 Å². The van der Waals surface area contributed by atoms with E-state index in [2.05, 4.69) is 20.8 Å². The molecule has 1 amide bonds. The van der Waals surface area contributed by atoms with Crippen LogP contribution in [0.3, 0.4) is 0 Å². The van der Waals surface area contributed by atoms with Gasteiger partial charge >= 0.3 is 0 Å². The first-order valence-electron chi connectivity index (χ1n) is 6.35. The number of carbonyl (C=O) groups excluding carboxylic acids is 1. The maximum Gasteiger partial charge on any atom is 0.246 e. The van der Waals surface area contributed by atoms with Crippen molar-refractivity contribution in [2.75, 3.05) is 19.6 Å². The van der Waals surface area contributed by atoms with Crippen LogP contribution >= 0.6 is 0 Å². The molecule has 5 nitrogen and oxygen atoms in total. The Morgan fingerprint density at radius 2 is 2.28 bits per heavy atom. The molecule has 0 atom stereocenters. The highest BCUT2D eigenvalue weighted by molar-refractivity contribution is 5.93. The van der Waals surface area contributed by atoms with Crippen LogP contribution in [0.1, 0.15) is 24.6 Å². The Kier molecular flexibility index (Phi) is 4.15. The van der Waals surface area contributed by atoms with E-state index in [-0.39, 0.29) is 5.91 Å².